The highest BCUT2D eigenvalue weighted by atomic mass is 32.2. The second kappa shape index (κ2) is 6.05. The van der Waals surface area contributed by atoms with E-state index in [9.17, 15) is 9.90 Å². The summed E-state index contributed by atoms with van der Waals surface area (Å²) in [6.45, 7) is 0. The molecule has 6 heteroatoms. The first-order valence-electron chi connectivity index (χ1n) is 7.57. The number of para-hydroxylation sites is 1. The van der Waals surface area contributed by atoms with Crippen LogP contribution >= 0.6 is 11.8 Å². The summed E-state index contributed by atoms with van der Waals surface area (Å²) in [5.41, 5.74) is 3.41. The molecule has 1 aliphatic heterocycles. The summed E-state index contributed by atoms with van der Waals surface area (Å²) in [5.74, 6) is 1.05. The summed E-state index contributed by atoms with van der Waals surface area (Å²) in [6, 6.07) is 17.0. The van der Waals surface area contributed by atoms with Crippen molar-refractivity contribution >= 4 is 23.5 Å². The maximum absolute atomic E-state index is 12.0. The Hall–Kier alpha value is -2.73. The Morgan fingerprint density at radius 1 is 1.08 bits per heavy atom. The van der Waals surface area contributed by atoms with E-state index < -0.39 is 0 Å². The summed E-state index contributed by atoms with van der Waals surface area (Å²) in [7, 11) is 0. The van der Waals surface area contributed by atoms with Crippen LogP contribution in [-0.2, 0) is 4.79 Å². The van der Waals surface area contributed by atoms with Crippen LogP contribution in [0.3, 0.4) is 0 Å². The van der Waals surface area contributed by atoms with Crippen LogP contribution in [0.25, 0.3) is 11.3 Å². The molecule has 0 aliphatic carbocycles. The van der Waals surface area contributed by atoms with Crippen LogP contribution in [0.5, 0.6) is 5.75 Å². The summed E-state index contributed by atoms with van der Waals surface area (Å²) < 4.78 is 0. The van der Waals surface area contributed by atoms with E-state index in [-0.39, 0.29) is 16.9 Å². The van der Waals surface area contributed by atoms with E-state index in [0.29, 0.717) is 11.6 Å². The van der Waals surface area contributed by atoms with Gasteiger partial charge in [-0.2, -0.15) is 5.10 Å². The number of aromatic nitrogens is 2. The lowest BCUT2D eigenvalue weighted by atomic mass is 9.99. The fourth-order valence-corrected chi connectivity index (χ4v) is 4.05. The van der Waals surface area contributed by atoms with Gasteiger partial charge in [0.25, 0.3) is 0 Å². The average molecular weight is 337 g/mol. The Bertz CT molecular complexity index is 892. The standard InChI is InChI=1S/C18H15N3O2S/c22-13-9-5-4-8-12(13)17-15-16(11-6-2-1-3-7-11)20-21-18(15)19-14(23)10-24-17/h1-9,17,22H,10H2,(H2,19,20,21,23). The fourth-order valence-electron chi connectivity index (χ4n) is 2.89. The number of nitrogens with zero attached hydrogens (tertiary/aromatic N) is 1. The Labute approximate surface area is 143 Å². The molecular formula is C18H15N3O2S. The minimum atomic E-state index is -0.186. The third kappa shape index (κ3) is 2.55. The summed E-state index contributed by atoms with van der Waals surface area (Å²) in [6.07, 6.45) is 0. The number of rotatable bonds is 2. The second-order valence-corrected chi connectivity index (χ2v) is 6.62. The summed E-state index contributed by atoms with van der Waals surface area (Å²) in [5, 5.41) is 20.3. The molecule has 0 saturated carbocycles. The van der Waals surface area contributed by atoms with Crippen LogP contribution in [0.2, 0.25) is 0 Å². The topological polar surface area (TPSA) is 78.0 Å². The van der Waals surface area contributed by atoms with E-state index in [0.717, 1.165) is 22.4 Å². The lowest BCUT2D eigenvalue weighted by molar-refractivity contribution is -0.113. The Kier molecular flexibility index (Phi) is 3.74. The van der Waals surface area contributed by atoms with Gasteiger partial charge in [0.05, 0.1) is 16.7 Å². The van der Waals surface area contributed by atoms with Gasteiger partial charge in [-0.1, -0.05) is 48.5 Å². The van der Waals surface area contributed by atoms with E-state index in [1.165, 1.54) is 11.8 Å². The molecule has 2 aromatic carbocycles. The Morgan fingerprint density at radius 2 is 1.83 bits per heavy atom. The van der Waals surface area contributed by atoms with Gasteiger partial charge in [-0.3, -0.25) is 9.89 Å². The third-order valence-electron chi connectivity index (χ3n) is 3.98. The molecule has 1 aromatic heterocycles. The number of H-pyrrole nitrogens is 1. The first-order chi connectivity index (χ1) is 11.7. The van der Waals surface area contributed by atoms with Gasteiger partial charge in [-0.05, 0) is 6.07 Å². The molecule has 4 rings (SSSR count). The van der Waals surface area contributed by atoms with Crippen molar-refractivity contribution < 1.29 is 9.90 Å². The van der Waals surface area contributed by atoms with Gasteiger partial charge >= 0.3 is 0 Å². The number of phenols is 1. The largest absolute Gasteiger partial charge is 0.508 e. The van der Waals surface area contributed by atoms with Crippen LogP contribution < -0.4 is 5.32 Å². The molecular weight excluding hydrogens is 322 g/mol. The van der Waals surface area contributed by atoms with Crippen molar-refractivity contribution in [2.45, 2.75) is 5.25 Å². The van der Waals surface area contributed by atoms with Crippen molar-refractivity contribution in [3.63, 3.8) is 0 Å². The SMILES string of the molecule is O=C1CSC(c2ccccc2O)c2c(-c3ccccc3)n[nH]c2N1. The van der Waals surface area contributed by atoms with E-state index in [1.54, 1.807) is 12.1 Å². The van der Waals surface area contributed by atoms with Gasteiger partial charge in [0.15, 0.2) is 0 Å². The second-order valence-electron chi connectivity index (χ2n) is 5.52. The summed E-state index contributed by atoms with van der Waals surface area (Å²) in [4.78, 5) is 12.0. The van der Waals surface area contributed by atoms with Crippen LogP contribution in [0.15, 0.2) is 54.6 Å². The molecule has 24 heavy (non-hydrogen) atoms. The van der Waals surface area contributed by atoms with E-state index >= 15 is 0 Å². The smallest absolute Gasteiger partial charge is 0.235 e. The molecule has 3 N–H and O–H groups in total. The highest BCUT2D eigenvalue weighted by Gasteiger charge is 2.31. The van der Waals surface area contributed by atoms with Crippen LogP contribution in [-0.4, -0.2) is 27.0 Å². The van der Waals surface area contributed by atoms with Crippen molar-refractivity contribution in [2.24, 2.45) is 0 Å². The molecule has 0 bridgehead atoms. The van der Waals surface area contributed by atoms with Crippen LogP contribution in [0, 0.1) is 0 Å². The number of benzene rings is 2. The number of carbonyl (C=O) groups excluding carboxylic acids is 1. The minimum Gasteiger partial charge on any atom is -0.508 e. The Balaban J connectivity index is 1.91. The number of thioether (sulfide) groups is 1. The van der Waals surface area contributed by atoms with Gasteiger partial charge in [0.1, 0.15) is 11.6 Å². The van der Waals surface area contributed by atoms with E-state index in [2.05, 4.69) is 15.5 Å². The van der Waals surface area contributed by atoms with E-state index in [4.69, 9.17) is 0 Å². The molecule has 1 atom stereocenters. The van der Waals surface area contributed by atoms with E-state index in [1.807, 2.05) is 42.5 Å². The lowest BCUT2D eigenvalue weighted by Crippen LogP contribution is -2.12. The zero-order valence-electron chi connectivity index (χ0n) is 12.7. The van der Waals surface area contributed by atoms with Crippen molar-refractivity contribution in [3.8, 4) is 17.0 Å². The zero-order chi connectivity index (χ0) is 16.5. The normalized spacial score (nSPS) is 17.0. The number of amides is 1. The van der Waals surface area contributed by atoms with Crippen molar-refractivity contribution in [3.05, 3.63) is 65.7 Å². The lowest BCUT2D eigenvalue weighted by Gasteiger charge is -2.17. The molecule has 0 spiro atoms. The molecule has 1 unspecified atom stereocenters. The number of aromatic hydroxyl groups is 1. The monoisotopic (exact) mass is 337 g/mol. The number of hydrogen-bond donors (Lipinski definition) is 3. The number of phenolic OH excluding ortho intramolecular Hbond substituents is 1. The average Bonchev–Trinajstić information content (AvgIpc) is 2.93. The molecule has 0 saturated heterocycles. The highest BCUT2D eigenvalue weighted by molar-refractivity contribution is 8.00. The first-order valence-corrected chi connectivity index (χ1v) is 8.62. The van der Waals surface area contributed by atoms with Gasteiger partial charge in [-0.15, -0.1) is 11.8 Å². The number of fused-ring (bicyclic) bond motifs is 1. The number of nitrogens with one attached hydrogen (secondary N) is 2. The number of aromatic amines is 1. The number of anilines is 1. The first kappa shape index (κ1) is 14.8. The van der Waals surface area contributed by atoms with Crippen LogP contribution in [0.1, 0.15) is 16.4 Å². The highest BCUT2D eigenvalue weighted by Crippen LogP contribution is 2.47. The Morgan fingerprint density at radius 3 is 2.62 bits per heavy atom. The van der Waals surface area contributed by atoms with Crippen LogP contribution in [0.4, 0.5) is 5.82 Å². The molecule has 1 amide bonds. The maximum atomic E-state index is 12.0. The molecule has 1 aliphatic rings. The van der Waals surface area contributed by atoms with Gasteiger partial charge in [0.2, 0.25) is 5.91 Å². The fraction of sp³-hybridized carbons (Fsp3) is 0.111. The number of carbonyl (C=O) groups is 1. The summed E-state index contributed by atoms with van der Waals surface area (Å²) >= 11 is 1.48. The quantitative estimate of drug-likeness (QED) is 0.668. The van der Waals surface area contributed by atoms with Crippen molar-refractivity contribution in [2.75, 3.05) is 11.1 Å². The molecule has 0 fully saturated rings. The molecule has 120 valence electrons. The number of hydrogen-bond acceptors (Lipinski definition) is 4. The maximum Gasteiger partial charge on any atom is 0.235 e. The molecule has 0 radical (unpaired) electrons. The van der Waals surface area contributed by atoms with Crippen molar-refractivity contribution in [1.29, 1.82) is 0 Å². The molecule has 3 aromatic rings. The van der Waals surface area contributed by atoms with Crippen molar-refractivity contribution in [1.82, 2.24) is 10.2 Å². The van der Waals surface area contributed by atoms with Gasteiger partial charge < -0.3 is 10.4 Å². The minimum absolute atomic E-state index is 0.0811. The molecule has 2 heterocycles. The predicted octanol–water partition coefficient (Wildman–Crippen LogP) is 3.56. The predicted molar refractivity (Wildman–Crippen MR) is 95.1 cm³/mol. The molecule has 5 nitrogen and oxygen atoms in total. The van der Waals surface area contributed by atoms with Gasteiger partial charge in [0, 0.05) is 16.7 Å². The zero-order valence-corrected chi connectivity index (χ0v) is 13.5. The van der Waals surface area contributed by atoms with Gasteiger partial charge in [-0.25, -0.2) is 0 Å². The third-order valence-corrected chi connectivity index (χ3v) is 5.23.